The minimum atomic E-state index is 0.312. The fraction of sp³-hybridized carbons (Fsp3) is 0.667. The van der Waals surface area contributed by atoms with E-state index in [-0.39, 0.29) is 0 Å². The standard InChI is InChI=1S/C9H18N4O/c1-7(4-5-14-3)11-9-8(10)6-13(2)12-9/h6-7H,4-5,10H2,1-3H3,(H,11,12). The third-order valence-corrected chi connectivity index (χ3v) is 2.00. The predicted octanol–water partition coefficient (Wildman–Crippen LogP) is 0.839. The topological polar surface area (TPSA) is 65.1 Å². The highest BCUT2D eigenvalue weighted by molar-refractivity contribution is 5.60. The van der Waals surface area contributed by atoms with E-state index >= 15 is 0 Å². The van der Waals surface area contributed by atoms with E-state index < -0.39 is 0 Å². The first kappa shape index (κ1) is 10.8. The maximum absolute atomic E-state index is 5.74. The van der Waals surface area contributed by atoms with Crippen molar-refractivity contribution >= 4 is 11.5 Å². The van der Waals surface area contributed by atoms with Crippen LogP contribution in [0, 0.1) is 0 Å². The molecule has 0 aliphatic rings. The van der Waals surface area contributed by atoms with Crippen LogP contribution in [0.15, 0.2) is 6.20 Å². The number of methoxy groups -OCH3 is 1. The Morgan fingerprint density at radius 3 is 2.93 bits per heavy atom. The average molecular weight is 198 g/mol. The highest BCUT2D eigenvalue weighted by Gasteiger charge is 2.07. The van der Waals surface area contributed by atoms with Crippen LogP contribution in [0.25, 0.3) is 0 Å². The Balaban J connectivity index is 2.47. The van der Waals surface area contributed by atoms with Crippen LogP contribution >= 0.6 is 0 Å². The molecule has 1 aromatic rings. The Morgan fingerprint density at radius 1 is 1.71 bits per heavy atom. The Bertz CT molecular complexity index is 284. The zero-order chi connectivity index (χ0) is 10.6. The van der Waals surface area contributed by atoms with E-state index in [2.05, 4.69) is 17.3 Å². The molecule has 0 amide bonds. The smallest absolute Gasteiger partial charge is 0.171 e. The van der Waals surface area contributed by atoms with Gasteiger partial charge in [-0.05, 0) is 13.3 Å². The van der Waals surface area contributed by atoms with Crippen molar-refractivity contribution in [2.45, 2.75) is 19.4 Å². The van der Waals surface area contributed by atoms with Crippen molar-refractivity contribution in [2.24, 2.45) is 7.05 Å². The first-order valence-electron chi connectivity index (χ1n) is 4.68. The lowest BCUT2D eigenvalue weighted by Gasteiger charge is -2.12. The van der Waals surface area contributed by atoms with Crippen LogP contribution in [0.2, 0.25) is 0 Å². The van der Waals surface area contributed by atoms with Crippen molar-refractivity contribution in [3.63, 3.8) is 0 Å². The van der Waals surface area contributed by atoms with Gasteiger partial charge in [0, 0.05) is 33.0 Å². The number of nitrogen functional groups attached to an aromatic ring is 1. The van der Waals surface area contributed by atoms with Gasteiger partial charge in [0.1, 0.15) is 0 Å². The molecule has 14 heavy (non-hydrogen) atoms. The van der Waals surface area contributed by atoms with E-state index in [1.165, 1.54) is 0 Å². The number of aromatic nitrogens is 2. The number of anilines is 2. The summed E-state index contributed by atoms with van der Waals surface area (Å²) in [4.78, 5) is 0. The monoisotopic (exact) mass is 198 g/mol. The molecule has 0 saturated carbocycles. The van der Waals surface area contributed by atoms with Gasteiger partial charge in [-0.1, -0.05) is 0 Å². The number of nitrogens with one attached hydrogen (secondary N) is 1. The van der Waals surface area contributed by atoms with Crippen molar-refractivity contribution in [3.05, 3.63) is 6.20 Å². The van der Waals surface area contributed by atoms with Gasteiger partial charge in [0.15, 0.2) is 5.82 Å². The number of ether oxygens (including phenoxy) is 1. The average Bonchev–Trinajstić information content (AvgIpc) is 2.42. The van der Waals surface area contributed by atoms with Crippen LogP contribution in [0.5, 0.6) is 0 Å². The highest BCUT2D eigenvalue weighted by Crippen LogP contribution is 2.15. The van der Waals surface area contributed by atoms with Crippen LogP contribution in [0.4, 0.5) is 11.5 Å². The molecule has 3 N–H and O–H groups in total. The SMILES string of the molecule is COCCC(C)Nc1nn(C)cc1N. The van der Waals surface area contributed by atoms with E-state index in [0.717, 1.165) is 18.8 Å². The van der Waals surface area contributed by atoms with Gasteiger partial charge in [0.05, 0.1) is 5.69 Å². The number of nitrogens with two attached hydrogens (primary N) is 1. The molecular formula is C9H18N4O. The number of rotatable bonds is 5. The molecule has 1 aromatic heterocycles. The van der Waals surface area contributed by atoms with Crippen molar-refractivity contribution in [1.82, 2.24) is 9.78 Å². The van der Waals surface area contributed by atoms with E-state index in [9.17, 15) is 0 Å². The Hall–Kier alpha value is -1.23. The first-order valence-corrected chi connectivity index (χ1v) is 4.68. The van der Waals surface area contributed by atoms with E-state index in [1.807, 2.05) is 7.05 Å². The molecule has 0 fully saturated rings. The van der Waals surface area contributed by atoms with E-state index in [4.69, 9.17) is 10.5 Å². The van der Waals surface area contributed by atoms with Crippen LogP contribution in [0.3, 0.4) is 0 Å². The number of hydrogen-bond donors (Lipinski definition) is 2. The Kier molecular flexibility index (Phi) is 3.76. The summed E-state index contributed by atoms with van der Waals surface area (Å²) < 4.78 is 6.68. The molecule has 0 aliphatic carbocycles. The fourth-order valence-corrected chi connectivity index (χ4v) is 1.22. The number of nitrogens with zero attached hydrogens (tertiary/aromatic N) is 2. The molecule has 1 heterocycles. The van der Waals surface area contributed by atoms with Crippen molar-refractivity contribution in [3.8, 4) is 0 Å². The Labute approximate surface area is 84.2 Å². The van der Waals surface area contributed by atoms with E-state index in [1.54, 1.807) is 18.0 Å². The summed E-state index contributed by atoms with van der Waals surface area (Å²) in [6.45, 7) is 2.81. The van der Waals surface area contributed by atoms with Crippen LogP contribution in [-0.4, -0.2) is 29.5 Å². The molecule has 5 heteroatoms. The molecule has 1 atom stereocenters. The number of hydrogen-bond acceptors (Lipinski definition) is 4. The summed E-state index contributed by atoms with van der Waals surface area (Å²) >= 11 is 0. The van der Waals surface area contributed by atoms with Crippen molar-refractivity contribution in [1.29, 1.82) is 0 Å². The van der Waals surface area contributed by atoms with Gasteiger partial charge in [-0.3, -0.25) is 4.68 Å². The zero-order valence-corrected chi connectivity index (χ0v) is 8.95. The lowest BCUT2D eigenvalue weighted by atomic mass is 10.2. The third-order valence-electron chi connectivity index (χ3n) is 2.00. The van der Waals surface area contributed by atoms with Crippen LogP contribution < -0.4 is 11.1 Å². The quantitative estimate of drug-likeness (QED) is 0.735. The van der Waals surface area contributed by atoms with Gasteiger partial charge in [-0.15, -0.1) is 0 Å². The van der Waals surface area contributed by atoms with Gasteiger partial charge in [0.2, 0.25) is 0 Å². The molecule has 1 unspecified atom stereocenters. The Morgan fingerprint density at radius 2 is 2.43 bits per heavy atom. The number of aryl methyl sites for hydroxylation is 1. The molecule has 1 rings (SSSR count). The fourth-order valence-electron chi connectivity index (χ4n) is 1.22. The summed E-state index contributed by atoms with van der Waals surface area (Å²) in [6, 6.07) is 0.312. The zero-order valence-electron chi connectivity index (χ0n) is 8.95. The molecule has 0 aromatic carbocycles. The van der Waals surface area contributed by atoms with Crippen LogP contribution in [0.1, 0.15) is 13.3 Å². The van der Waals surface area contributed by atoms with Gasteiger partial charge < -0.3 is 15.8 Å². The predicted molar refractivity (Wildman–Crippen MR) is 57.2 cm³/mol. The second kappa shape index (κ2) is 4.85. The minimum absolute atomic E-state index is 0.312. The molecule has 0 radical (unpaired) electrons. The first-order chi connectivity index (χ1) is 6.63. The lowest BCUT2D eigenvalue weighted by molar-refractivity contribution is 0.191. The van der Waals surface area contributed by atoms with Gasteiger partial charge in [-0.25, -0.2) is 0 Å². The summed E-state index contributed by atoms with van der Waals surface area (Å²) in [5.74, 6) is 0.746. The normalized spacial score (nSPS) is 12.8. The minimum Gasteiger partial charge on any atom is -0.394 e. The maximum Gasteiger partial charge on any atom is 0.171 e. The van der Waals surface area contributed by atoms with Crippen LogP contribution in [-0.2, 0) is 11.8 Å². The highest BCUT2D eigenvalue weighted by atomic mass is 16.5. The molecule has 0 spiro atoms. The molecule has 0 aliphatic heterocycles. The van der Waals surface area contributed by atoms with Gasteiger partial charge in [-0.2, -0.15) is 5.10 Å². The summed E-state index contributed by atoms with van der Waals surface area (Å²) in [5, 5.41) is 7.43. The summed E-state index contributed by atoms with van der Waals surface area (Å²) in [6.07, 6.45) is 2.72. The van der Waals surface area contributed by atoms with Crippen molar-refractivity contribution < 1.29 is 4.74 Å². The molecule has 0 bridgehead atoms. The second-order valence-electron chi connectivity index (χ2n) is 3.43. The van der Waals surface area contributed by atoms with Gasteiger partial charge in [0.25, 0.3) is 0 Å². The second-order valence-corrected chi connectivity index (χ2v) is 3.43. The molecule has 0 saturated heterocycles. The molecular weight excluding hydrogens is 180 g/mol. The molecule has 80 valence electrons. The maximum atomic E-state index is 5.74. The lowest BCUT2D eigenvalue weighted by Crippen LogP contribution is -2.18. The van der Waals surface area contributed by atoms with Crippen molar-refractivity contribution in [2.75, 3.05) is 24.8 Å². The third kappa shape index (κ3) is 2.92. The summed E-state index contributed by atoms with van der Waals surface area (Å²) in [7, 11) is 3.54. The summed E-state index contributed by atoms with van der Waals surface area (Å²) in [5.41, 5.74) is 6.42. The largest absolute Gasteiger partial charge is 0.394 e. The molecule has 5 nitrogen and oxygen atoms in total. The van der Waals surface area contributed by atoms with E-state index in [0.29, 0.717) is 11.7 Å². The van der Waals surface area contributed by atoms with Gasteiger partial charge >= 0.3 is 0 Å².